The van der Waals surface area contributed by atoms with Crippen LogP contribution in [0.25, 0.3) is 0 Å². The predicted octanol–water partition coefficient (Wildman–Crippen LogP) is -1.09. The summed E-state index contributed by atoms with van der Waals surface area (Å²) in [4.78, 5) is 33.7. The van der Waals surface area contributed by atoms with E-state index in [1.54, 1.807) is 31.7 Å². The minimum atomic E-state index is -0.255. The van der Waals surface area contributed by atoms with E-state index in [1.807, 2.05) is 6.07 Å². The molecule has 1 aromatic heterocycles. The Morgan fingerprint density at radius 2 is 2.32 bits per heavy atom. The molecule has 3 heterocycles. The SMILES string of the molecule is CC1=C2C(=O)N(CC(=O)NCCCOc3cccnc3)C=N[NH+]2C=N1. The second-order valence-electron chi connectivity index (χ2n) is 5.52. The Labute approximate surface area is 144 Å². The molecule has 2 aliphatic heterocycles. The van der Waals surface area contributed by atoms with Crippen LogP contribution in [0.1, 0.15) is 13.3 Å². The Balaban J connectivity index is 1.39. The fourth-order valence-corrected chi connectivity index (χ4v) is 2.41. The van der Waals surface area contributed by atoms with E-state index in [1.165, 1.54) is 11.2 Å². The summed E-state index contributed by atoms with van der Waals surface area (Å²) in [5.41, 5.74) is 1.08. The van der Waals surface area contributed by atoms with E-state index < -0.39 is 0 Å². The van der Waals surface area contributed by atoms with E-state index in [-0.39, 0.29) is 18.4 Å². The Hall–Kier alpha value is -3.07. The van der Waals surface area contributed by atoms with Crippen LogP contribution >= 0.6 is 0 Å². The van der Waals surface area contributed by atoms with Gasteiger partial charge in [-0.2, -0.15) is 4.99 Å². The third kappa shape index (κ3) is 4.07. The fourth-order valence-electron chi connectivity index (χ4n) is 2.41. The summed E-state index contributed by atoms with van der Waals surface area (Å²) >= 11 is 0. The zero-order chi connectivity index (χ0) is 17.6. The van der Waals surface area contributed by atoms with Gasteiger partial charge >= 0.3 is 5.91 Å². The molecule has 2 aliphatic rings. The molecule has 0 radical (unpaired) electrons. The van der Waals surface area contributed by atoms with E-state index in [0.717, 1.165) is 0 Å². The van der Waals surface area contributed by atoms with Crippen molar-refractivity contribution in [2.45, 2.75) is 13.3 Å². The number of carbonyl (C=O) groups excluding carboxylic acids is 2. The molecule has 0 aliphatic carbocycles. The van der Waals surface area contributed by atoms with Crippen LogP contribution in [0.2, 0.25) is 0 Å². The van der Waals surface area contributed by atoms with Gasteiger partial charge in [-0.1, -0.05) is 5.10 Å². The first-order valence-corrected chi connectivity index (χ1v) is 7.92. The summed E-state index contributed by atoms with van der Waals surface area (Å²) in [5, 5.41) is 7.47. The fraction of sp³-hybridized carbons (Fsp3) is 0.312. The van der Waals surface area contributed by atoms with Crippen molar-refractivity contribution < 1.29 is 19.3 Å². The van der Waals surface area contributed by atoms with E-state index in [9.17, 15) is 9.59 Å². The molecule has 0 saturated heterocycles. The molecule has 9 nitrogen and oxygen atoms in total. The first-order valence-electron chi connectivity index (χ1n) is 7.92. The molecule has 0 bridgehead atoms. The summed E-state index contributed by atoms with van der Waals surface area (Å²) < 4.78 is 5.49. The van der Waals surface area contributed by atoms with E-state index >= 15 is 0 Å². The van der Waals surface area contributed by atoms with Crippen LogP contribution in [0.4, 0.5) is 0 Å². The maximum Gasteiger partial charge on any atom is 0.318 e. The number of amides is 2. The van der Waals surface area contributed by atoms with Gasteiger partial charge < -0.3 is 10.1 Å². The molecule has 3 rings (SSSR count). The van der Waals surface area contributed by atoms with Gasteiger partial charge in [-0.05, 0) is 25.5 Å². The van der Waals surface area contributed by atoms with Gasteiger partial charge in [0.05, 0.1) is 12.8 Å². The maximum atomic E-state index is 12.4. The second kappa shape index (κ2) is 7.67. The first-order chi connectivity index (χ1) is 12.1. The smallest absolute Gasteiger partial charge is 0.318 e. The largest absolute Gasteiger partial charge is 0.492 e. The highest BCUT2D eigenvalue weighted by Crippen LogP contribution is 2.08. The number of allylic oxidation sites excluding steroid dienone is 1. The minimum Gasteiger partial charge on any atom is -0.492 e. The van der Waals surface area contributed by atoms with Gasteiger partial charge in [0.15, 0.2) is 6.34 Å². The average Bonchev–Trinajstić information content (AvgIpc) is 3.00. The van der Waals surface area contributed by atoms with Crippen LogP contribution in [0, 0.1) is 0 Å². The Morgan fingerprint density at radius 1 is 1.44 bits per heavy atom. The number of nitrogens with one attached hydrogen (secondary N) is 2. The summed E-state index contributed by atoms with van der Waals surface area (Å²) in [6.07, 6.45) is 6.89. The number of rotatable bonds is 7. The number of hydrogen-bond donors (Lipinski definition) is 2. The molecule has 1 aromatic rings. The number of carbonyl (C=O) groups is 2. The van der Waals surface area contributed by atoms with E-state index in [4.69, 9.17) is 4.74 Å². The summed E-state index contributed by atoms with van der Waals surface area (Å²) in [6, 6.07) is 3.62. The van der Waals surface area contributed by atoms with Gasteiger partial charge in [0.2, 0.25) is 12.2 Å². The maximum absolute atomic E-state index is 12.4. The Morgan fingerprint density at radius 3 is 3.12 bits per heavy atom. The van der Waals surface area contributed by atoms with Crippen LogP contribution < -0.4 is 15.1 Å². The number of pyridine rings is 1. The van der Waals surface area contributed by atoms with Gasteiger partial charge in [0.1, 0.15) is 18.0 Å². The highest BCUT2D eigenvalue weighted by Gasteiger charge is 2.37. The number of nitrogens with zero attached hydrogens (tertiary/aromatic N) is 4. The van der Waals surface area contributed by atoms with Crippen molar-refractivity contribution in [1.82, 2.24) is 15.2 Å². The molecular weight excluding hydrogens is 324 g/mol. The van der Waals surface area contributed by atoms with Crippen molar-refractivity contribution in [2.24, 2.45) is 10.1 Å². The number of aromatic nitrogens is 1. The molecule has 2 amide bonds. The summed E-state index contributed by atoms with van der Waals surface area (Å²) in [7, 11) is 0. The summed E-state index contributed by atoms with van der Waals surface area (Å²) in [5.74, 6) is 0.190. The predicted molar refractivity (Wildman–Crippen MR) is 89.7 cm³/mol. The van der Waals surface area contributed by atoms with Gasteiger partial charge in [0.25, 0.3) is 5.70 Å². The highest BCUT2D eigenvalue weighted by atomic mass is 16.5. The van der Waals surface area contributed by atoms with Crippen LogP contribution in [-0.4, -0.2) is 54.1 Å². The van der Waals surface area contributed by atoms with Gasteiger partial charge in [-0.25, -0.2) is 0 Å². The van der Waals surface area contributed by atoms with Crippen LogP contribution in [-0.2, 0) is 9.59 Å². The van der Waals surface area contributed by atoms with Crippen molar-refractivity contribution in [3.05, 3.63) is 35.9 Å². The minimum absolute atomic E-state index is 0.0736. The third-order valence-electron chi connectivity index (χ3n) is 3.67. The molecular formula is C16H19N6O3+. The Kier molecular flexibility index (Phi) is 5.14. The molecule has 25 heavy (non-hydrogen) atoms. The van der Waals surface area contributed by atoms with Crippen molar-refractivity contribution in [3.63, 3.8) is 0 Å². The monoisotopic (exact) mass is 343 g/mol. The lowest BCUT2D eigenvalue weighted by molar-refractivity contribution is -0.756. The standard InChI is InChI=1S/C16H18N6O3/c1-12-15-16(24)21(11-20-22(15)10-19-12)9-14(23)18-6-3-7-25-13-4-2-5-17-8-13/h2,4-5,8,10-11H,3,6-7,9H2,1H3,(H,18,23)/p+1. The topological polar surface area (TPSA) is 101 Å². The van der Waals surface area contributed by atoms with Crippen molar-refractivity contribution in [1.29, 1.82) is 0 Å². The lowest BCUT2D eigenvalue weighted by Crippen LogP contribution is -3.06. The normalized spacial score (nSPS) is 18.5. The summed E-state index contributed by atoms with van der Waals surface area (Å²) in [6.45, 7) is 2.60. The van der Waals surface area contributed by atoms with Crippen molar-refractivity contribution in [2.75, 3.05) is 19.7 Å². The van der Waals surface area contributed by atoms with Crippen LogP contribution in [0.5, 0.6) is 5.75 Å². The van der Waals surface area contributed by atoms with Gasteiger partial charge in [-0.3, -0.25) is 19.5 Å². The zero-order valence-corrected chi connectivity index (χ0v) is 13.8. The lowest BCUT2D eigenvalue weighted by Gasteiger charge is -2.21. The molecule has 0 saturated carbocycles. The molecule has 1 atom stereocenters. The number of ether oxygens (including phenoxy) is 1. The van der Waals surface area contributed by atoms with Gasteiger partial charge in [-0.15, -0.1) is 5.01 Å². The molecule has 2 N–H and O–H groups in total. The number of quaternary nitrogens is 1. The van der Waals surface area contributed by atoms with Crippen LogP contribution in [0.15, 0.2) is 46.0 Å². The third-order valence-corrected chi connectivity index (χ3v) is 3.67. The molecule has 0 aromatic carbocycles. The lowest BCUT2D eigenvalue weighted by atomic mass is 10.3. The van der Waals surface area contributed by atoms with E-state index in [0.29, 0.717) is 41.7 Å². The van der Waals surface area contributed by atoms with Crippen LogP contribution in [0.3, 0.4) is 0 Å². The molecule has 9 heteroatoms. The molecule has 0 fully saturated rings. The number of fused-ring (bicyclic) bond motifs is 1. The van der Waals surface area contributed by atoms with E-state index in [2.05, 4.69) is 20.4 Å². The molecule has 130 valence electrons. The van der Waals surface area contributed by atoms with Gasteiger partial charge in [0, 0.05) is 12.7 Å². The zero-order valence-electron chi connectivity index (χ0n) is 13.8. The second-order valence-corrected chi connectivity index (χ2v) is 5.52. The van der Waals surface area contributed by atoms with Crippen molar-refractivity contribution >= 4 is 24.5 Å². The number of aliphatic imine (C=N–C) groups is 1. The van der Waals surface area contributed by atoms with Crippen molar-refractivity contribution in [3.8, 4) is 5.75 Å². The number of hydrogen-bond acceptors (Lipinski definition) is 6. The Bertz CT molecular complexity index is 743. The average molecular weight is 343 g/mol. The highest BCUT2D eigenvalue weighted by molar-refractivity contribution is 6.03. The first kappa shape index (κ1) is 16.8. The quantitative estimate of drug-likeness (QED) is 0.615. The molecule has 1 unspecified atom stereocenters. The molecule has 0 spiro atoms.